The number of allylic oxidation sites excluding steroid dienone is 1. The molecule has 4 rings (SSSR count). The lowest BCUT2D eigenvalue weighted by molar-refractivity contribution is -0.139. The molecule has 1 atom stereocenters. The smallest absolute Gasteiger partial charge is 0.338 e. The third kappa shape index (κ3) is 5.62. The molecule has 0 saturated carbocycles. The number of ether oxygens (including phenoxy) is 3. The fourth-order valence-corrected chi connectivity index (χ4v) is 5.79. The van der Waals surface area contributed by atoms with E-state index in [0.717, 1.165) is 0 Å². The molecule has 0 fully saturated rings. The predicted molar refractivity (Wildman–Crippen MR) is 148 cm³/mol. The summed E-state index contributed by atoms with van der Waals surface area (Å²) in [5.74, 6) is -0.400. The molecule has 0 saturated heterocycles. The quantitative estimate of drug-likeness (QED) is 0.285. The highest BCUT2D eigenvalue weighted by Crippen LogP contribution is 2.37. The van der Waals surface area contributed by atoms with Crippen molar-refractivity contribution in [1.29, 1.82) is 0 Å². The zero-order valence-corrected chi connectivity index (χ0v) is 24.2. The Morgan fingerprint density at radius 3 is 2.53 bits per heavy atom. The van der Waals surface area contributed by atoms with Gasteiger partial charge in [0.15, 0.2) is 16.3 Å². The van der Waals surface area contributed by atoms with E-state index >= 15 is 0 Å². The predicted octanol–water partition coefficient (Wildman–Crippen LogP) is 4.54. The van der Waals surface area contributed by atoms with Crippen molar-refractivity contribution in [3.05, 3.63) is 88.0 Å². The van der Waals surface area contributed by atoms with Crippen LogP contribution in [0.5, 0.6) is 11.5 Å². The van der Waals surface area contributed by atoms with Gasteiger partial charge in [-0.1, -0.05) is 35.1 Å². The molecular formula is C27H24BrClN2O6S. The molecule has 3 aromatic rings. The number of hydrogen-bond donors (Lipinski definition) is 0. The van der Waals surface area contributed by atoms with Crippen LogP contribution in [0.15, 0.2) is 61.9 Å². The maximum Gasteiger partial charge on any atom is 0.338 e. The number of hydrogen-bond acceptors (Lipinski definition) is 8. The van der Waals surface area contributed by atoms with Crippen LogP contribution in [0.3, 0.4) is 0 Å². The highest BCUT2D eigenvalue weighted by Gasteiger charge is 2.33. The van der Waals surface area contributed by atoms with Crippen LogP contribution in [-0.4, -0.2) is 29.7 Å². The van der Waals surface area contributed by atoms with Crippen LogP contribution < -0.4 is 24.4 Å². The van der Waals surface area contributed by atoms with Crippen molar-refractivity contribution in [3.63, 3.8) is 0 Å². The molecule has 38 heavy (non-hydrogen) atoms. The molecule has 2 heterocycles. The largest absolute Gasteiger partial charge is 0.490 e. The molecule has 0 spiro atoms. The van der Waals surface area contributed by atoms with Crippen molar-refractivity contribution < 1.29 is 23.8 Å². The molecule has 0 N–H and O–H groups in total. The number of esters is 2. The van der Waals surface area contributed by atoms with Crippen LogP contribution in [0, 0.1) is 0 Å². The Labute approximate surface area is 236 Å². The van der Waals surface area contributed by atoms with Gasteiger partial charge in [0, 0.05) is 11.9 Å². The number of benzene rings is 2. The van der Waals surface area contributed by atoms with Gasteiger partial charge in [-0.15, -0.1) is 0 Å². The van der Waals surface area contributed by atoms with Crippen molar-refractivity contribution in [2.45, 2.75) is 33.7 Å². The van der Waals surface area contributed by atoms with E-state index in [-0.39, 0.29) is 17.9 Å². The summed E-state index contributed by atoms with van der Waals surface area (Å²) in [7, 11) is 0. The van der Waals surface area contributed by atoms with Crippen LogP contribution >= 0.6 is 38.9 Å². The summed E-state index contributed by atoms with van der Waals surface area (Å²) in [6.45, 7) is 7.11. The van der Waals surface area contributed by atoms with Crippen molar-refractivity contribution in [3.8, 4) is 11.5 Å². The van der Waals surface area contributed by atoms with E-state index in [2.05, 4.69) is 20.9 Å². The first-order chi connectivity index (χ1) is 18.1. The minimum absolute atomic E-state index is 0.188. The van der Waals surface area contributed by atoms with Crippen molar-refractivity contribution in [2.75, 3.05) is 13.2 Å². The average Bonchev–Trinajstić information content (AvgIpc) is 3.15. The lowest BCUT2D eigenvalue weighted by Gasteiger charge is -2.24. The second-order valence-corrected chi connectivity index (χ2v) is 10.5. The molecule has 0 amide bonds. The molecule has 1 aromatic heterocycles. The number of rotatable bonds is 7. The van der Waals surface area contributed by atoms with Gasteiger partial charge in [0.2, 0.25) is 0 Å². The van der Waals surface area contributed by atoms with E-state index < -0.39 is 18.0 Å². The number of fused-ring (bicyclic) bond motifs is 1. The van der Waals surface area contributed by atoms with Crippen LogP contribution in [-0.2, 0) is 14.3 Å². The monoisotopic (exact) mass is 618 g/mol. The van der Waals surface area contributed by atoms with E-state index in [0.29, 0.717) is 53.6 Å². The lowest BCUT2D eigenvalue weighted by atomic mass is 9.96. The molecule has 0 aliphatic carbocycles. The molecule has 198 valence electrons. The average molecular weight is 620 g/mol. The molecule has 0 unspecified atom stereocenters. The van der Waals surface area contributed by atoms with Gasteiger partial charge in [-0.3, -0.25) is 14.2 Å². The van der Waals surface area contributed by atoms with Gasteiger partial charge in [0.25, 0.3) is 5.56 Å². The Kier molecular flexibility index (Phi) is 8.54. The standard InChI is InChI=1S/C27H24BrClN2O6S/c1-5-35-20-12-16(11-19(28)24(20)37-15(4)32)13-21-25(33)31-23(17-7-9-18(29)10-8-17)22(26(34)36-6-2)14(3)30-27(31)38-21/h7-13,23H,5-6H2,1-4H3/b21-13-/t23-/m1/s1. The Hall–Kier alpha value is -3.21. The normalized spacial score (nSPS) is 15.1. The molecule has 1 aliphatic rings. The van der Waals surface area contributed by atoms with Crippen LogP contribution in [0.4, 0.5) is 0 Å². The SMILES string of the molecule is CCOC(=O)C1=C(C)N=c2s/c(=C\c3cc(Br)c(OC(C)=O)c(OCC)c3)c(=O)n2[C@@H]1c1ccc(Cl)cc1. The summed E-state index contributed by atoms with van der Waals surface area (Å²) in [6.07, 6.45) is 1.71. The molecule has 0 bridgehead atoms. The Bertz CT molecular complexity index is 1620. The maximum absolute atomic E-state index is 13.8. The van der Waals surface area contributed by atoms with E-state index in [9.17, 15) is 14.4 Å². The summed E-state index contributed by atoms with van der Waals surface area (Å²) < 4.78 is 18.7. The number of carbonyl (C=O) groups excluding carboxylic acids is 2. The number of aromatic nitrogens is 1. The summed E-state index contributed by atoms with van der Waals surface area (Å²) in [5.41, 5.74) is 1.79. The molecule has 2 aromatic carbocycles. The second-order valence-electron chi connectivity index (χ2n) is 8.21. The minimum Gasteiger partial charge on any atom is -0.490 e. The van der Waals surface area contributed by atoms with Crippen LogP contribution in [0.1, 0.15) is 44.9 Å². The maximum atomic E-state index is 13.8. The van der Waals surface area contributed by atoms with Crippen molar-refractivity contribution in [1.82, 2.24) is 4.57 Å². The second kappa shape index (κ2) is 11.7. The number of halogens is 2. The van der Waals surface area contributed by atoms with Crippen molar-refractivity contribution >= 4 is 56.9 Å². The van der Waals surface area contributed by atoms with Crippen LogP contribution in [0.2, 0.25) is 5.02 Å². The highest BCUT2D eigenvalue weighted by atomic mass is 79.9. The minimum atomic E-state index is -0.734. The molecule has 1 aliphatic heterocycles. The fourth-order valence-electron chi connectivity index (χ4n) is 4.08. The fraction of sp³-hybridized carbons (Fsp3) is 0.259. The molecule has 0 radical (unpaired) electrons. The highest BCUT2D eigenvalue weighted by molar-refractivity contribution is 9.10. The lowest BCUT2D eigenvalue weighted by Crippen LogP contribution is -2.39. The summed E-state index contributed by atoms with van der Waals surface area (Å²) in [5, 5.41) is 0.535. The van der Waals surface area contributed by atoms with Crippen molar-refractivity contribution in [2.24, 2.45) is 4.99 Å². The molecule has 11 heteroatoms. The van der Waals surface area contributed by atoms with E-state index in [4.69, 9.17) is 25.8 Å². The summed E-state index contributed by atoms with van der Waals surface area (Å²) in [4.78, 5) is 43.4. The van der Waals surface area contributed by atoms with Gasteiger partial charge in [0.1, 0.15) is 0 Å². The zero-order valence-electron chi connectivity index (χ0n) is 21.0. The van der Waals surface area contributed by atoms with Crippen LogP contribution in [0.25, 0.3) is 6.08 Å². The third-order valence-electron chi connectivity index (χ3n) is 5.58. The first-order valence-electron chi connectivity index (χ1n) is 11.7. The van der Waals surface area contributed by atoms with Gasteiger partial charge >= 0.3 is 11.9 Å². The van der Waals surface area contributed by atoms with Gasteiger partial charge in [-0.2, -0.15) is 0 Å². The Morgan fingerprint density at radius 2 is 1.89 bits per heavy atom. The van der Waals surface area contributed by atoms with Gasteiger partial charge in [-0.25, -0.2) is 9.79 Å². The topological polar surface area (TPSA) is 96.2 Å². The van der Waals surface area contributed by atoms with Gasteiger partial charge < -0.3 is 14.2 Å². The third-order valence-corrected chi connectivity index (χ3v) is 7.40. The zero-order chi connectivity index (χ0) is 27.6. The van der Waals surface area contributed by atoms with E-state index in [1.165, 1.54) is 22.8 Å². The first kappa shape index (κ1) is 27.8. The van der Waals surface area contributed by atoms with Gasteiger partial charge in [-0.05, 0) is 78.2 Å². The molecular weight excluding hydrogens is 596 g/mol. The Morgan fingerprint density at radius 1 is 1.18 bits per heavy atom. The van der Waals surface area contributed by atoms with E-state index in [1.807, 2.05) is 6.92 Å². The Balaban J connectivity index is 1.91. The first-order valence-corrected chi connectivity index (χ1v) is 13.7. The summed E-state index contributed by atoms with van der Waals surface area (Å²) in [6, 6.07) is 9.66. The van der Waals surface area contributed by atoms with E-state index in [1.54, 1.807) is 56.3 Å². The number of thiazole rings is 1. The summed E-state index contributed by atoms with van der Waals surface area (Å²) >= 11 is 10.7. The number of carbonyl (C=O) groups is 2. The number of nitrogens with zero attached hydrogens (tertiary/aromatic N) is 2. The van der Waals surface area contributed by atoms with Gasteiger partial charge in [0.05, 0.1) is 39.5 Å². The molecule has 8 nitrogen and oxygen atoms in total.